The monoisotopic (exact) mass is 445 g/mol. The Morgan fingerprint density at radius 1 is 1.09 bits per heavy atom. The highest BCUT2D eigenvalue weighted by atomic mass is 19.1. The Morgan fingerprint density at radius 2 is 1.91 bits per heavy atom. The van der Waals surface area contributed by atoms with Crippen LogP contribution < -0.4 is 15.3 Å². The highest BCUT2D eigenvalue weighted by Gasteiger charge is 2.45. The largest absolute Gasteiger partial charge is 0.490 e. The van der Waals surface area contributed by atoms with Gasteiger partial charge in [0.15, 0.2) is 0 Å². The predicted octanol–water partition coefficient (Wildman–Crippen LogP) is 3.96. The second-order valence-corrected chi connectivity index (χ2v) is 9.59. The molecule has 0 N–H and O–H groups in total. The number of rotatable bonds is 2. The molecule has 5 heterocycles. The van der Waals surface area contributed by atoms with Crippen molar-refractivity contribution in [3.8, 4) is 16.9 Å². The lowest BCUT2D eigenvalue weighted by Gasteiger charge is -2.41. The van der Waals surface area contributed by atoms with Crippen LogP contribution in [-0.2, 0) is 12.6 Å². The molecule has 3 aliphatic rings. The zero-order valence-electron chi connectivity index (χ0n) is 18.5. The van der Waals surface area contributed by atoms with E-state index in [1.807, 2.05) is 16.7 Å². The molecule has 1 aliphatic carbocycles. The lowest BCUT2D eigenvalue weighted by Crippen LogP contribution is -2.50. The summed E-state index contributed by atoms with van der Waals surface area (Å²) in [7, 11) is 1.77. The summed E-state index contributed by atoms with van der Waals surface area (Å²) in [6.45, 7) is 2.34. The SMILES string of the molecule is Cn1c(=O)n2c3c4c(c(-c5ccc(N6CCCC6)nc5)c(F)cc4ncc31)OCC21CCC1. The van der Waals surface area contributed by atoms with E-state index >= 15 is 4.39 Å². The third-order valence-electron chi connectivity index (χ3n) is 7.79. The molecule has 0 unspecified atom stereocenters. The highest BCUT2D eigenvalue weighted by molar-refractivity contribution is 6.09. The Bertz CT molecular complexity index is 1490. The second-order valence-electron chi connectivity index (χ2n) is 9.59. The fourth-order valence-electron chi connectivity index (χ4n) is 5.83. The fraction of sp³-hybridized carbons (Fsp3) is 0.400. The van der Waals surface area contributed by atoms with Crippen molar-refractivity contribution in [1.29, 1.82) is 0 Å². The minimum atomic E-state index is -0.394. The Kier molecular flexibility index (Phi) is 3.79. The smallest absolute Gasteiger partial charge is 0.329 e. The van der Waals surface area contributed by atoms with Crippen LogP contribution in [0.1, 0.15) is 32.1 Å². The molecule has 0 bridgehead atoms. The van der Waals surface area contributed by atoms with Crippen molar-refractivity contribution in [2.45, 2.75) is 37.6 Å². The van der Waals surface area contributed by atoms with Gasteiger partial charge in [0.25, 0.3) is 0 Å². The molecule has 3 aromatic heterocycles. The normalized spacial score (nSPS) is 18.8. The molecule has 7 nitrogen and oxygen atoms in total. The number of aryl methyl sites for hydroxylation is 1. The van der Waals surface area contributed by atoms with Crippen molar-refractivity contribution in [3.05, 3.63) is 46.9 Å². The zero-order valence-corrected chi connectivity index (χ0v) is 18.5. The van der Waals surface area contributed by atoms with Gasteiger partial charge < -0.3 is 9.64 Å². The number of pyridine rings is 2. The van der Waals surface area contributed by atoms with E-state index in [1.165, 1.54) is 18.9 Å². The number of hydrogen-bond acceptors (Lipinski definition) is 5. The van der Waals surface area contributed by atoms with Crippen LogP contribution in [0.2, 0.25) is 0 Å². The van der Waals surface area contributed by atoms with E-state index in [2.05, 4.69) is 14.9 Å². The molecule has 2 aliphatic heterocycles. The molecule has 1 spiro atoms. The molecule has 168 valence electrons. The molecule has 0 amide bonds. The second kappa shape index (κ2) is 6.56. The summed E-state index contributed by atoms with van der Waals surface area (Å²) >= 11 is 0. The van der Waals surface area contributed by atoms with Crippen LogP contribution >= 0.6 is 0 Å². The van der Waals surface area contributed by atoms with Gasteiger partial charge in [0, 0.05) is 38.0 Å². The quantitative estimate of drug-likeness (QED) is 0.467. The number of benzene rings is 1. The number of hydrogen-bond donors (Lipinski definition) is 0. The van der Waals surface area contributed by atoms with Gasteiger partial charge in [-0.2, -0.15) is 0 Å². The standard InChI is InChI=1S/C25H24FN5O2/c1-29-18-13-27-17-11-16(26)20(15-5-6-19(28-12-15)30-9-2-3-10-30)23-21(17)22(18)31(24(29)32)25(14-33-23)7-4-8-25/h5-6,11-13H,2-4,7-10,14H2,1H3. The van der Waals surface area contributed by atoms with Gasteiger partial charge in [0.1, 0.15) is 24.0 Å². The molecule has 1 aromatic carbocycles. The van der Waals surface area contributed by atoms with E-state index in [9.17, 15) is 4.79 Å². The summed E-state index contributed by atoms with van der Waals surface area (Å²) in [6, 6.07) is 5.32. The lowest BCUT2D eigenvalue weighted by molar-refractivity contribution is 0.0719. The van der Waals surface area contributed by atoms with Crippen LogP contribution in [0.15, 0.2) is 35.4 Å². The van der Waals surface area contributed by atoms with E-state index in [4.69, 9.17) is 4.74 Å². The van der Waals surface area contributed by atoms with Gasteiger partial charge in [0.05, 0.1) is 39.2 Å². The molecular formula is C25H24FN5O2. The number of anilines is 1. The number of aromatic nitrogens is 4. The van der Waals surface area contributed by atoms with Gasteiger partial charge >= 0.3 is 5.69 Å². The van der Waals surface area contributed by atoms with Crippen LogP contribution in [0.4, 0.5) is 10.2 Å². The molecule has 4 aromatic rings. The van der Waals surface area contributed by atoms with Gasteiger partial charge in [-0.1, -0.05) is 0 Å². The maximum atomic E-state index is 15.5. The maximum absolute atomic E-state index is 15.5. The first-order chi connectivity index (χ1) is 16.1. The summed E-state index contributed by atoms with van der Waals surface area (Å²) < 4.78 is 25.5. The topological polar surface area (TPSA) is 65.2 Å². The van der Waals surface area contributed by atoms with Crippen LogP contribution in [0.25, 0.3) is 33.1 Å². The maximum Gasteiger partial charge on any atom is 0.329 e. The van der Waals surface area contributed by atoms with Crippen molar-refractivity contribution in [1.82, 2.24) is 19.1 Å². The molecule has 2 fully saturated rings. The molecule has 8 heteroatoms. The van der Waals surface area contributed by atoms with E-state index in [-0.39, 0.29) is 5.69 Å². The fourth-order valence-corrected chi connectivity index (χ4v) is 5.83. The van der Waals surface area contributed by atoms with Gasteiger partial charge in [-0.25, -0.2) is 14.2 Å². The minimum absolute atomic E-state index is 0.0713. The van der Waals surface area contributed by atoms with Crippen LogP contribution in [0.5, 0.6) is 5.75 Å². The number of halogens is 1. The first kappa shape index (κ1) is 19.1. The highest BCUT2D eigenvalue weighted by Crippen LogP contribution is 2.48. The molecule has 0 radical (unpaired) electrons. The van der Waals surface area contributed by atoms with Crippen molar-refractivity contribution >= 4 is 27.8 Å². The van der Waals surface area contributed by atoms with E-state index < -0.39 is 11.4 Å². The van der Waals surface area contributed by atoms with Crippen molar-refractivity contribution in [2.75, 3.05) is 24.6 Å². The average molecular weight is 445 g/mol. The summed E-state index contributed by atoms with van der Waals surface area (Å²) in [4.78, 5) is 24.7. The van der Waals surface area contributed by atoms with Crippen molar-refractivity contribution in [2.24, 2.45) is 7.05 Å². The molecule has 1 saturated carbocycles. The van der Waals surface area contributed by atoms with Gasteiger partial charge in [-0.3, -0.25) is 14.1 Å². The van der Waals surface area contributed by atoms with Gasteiger partial charge in [-0.15, -0.1) is 0 Å². The van der Waals surface area contributed by atoms with Crippen molar-refractivity contribution < 1.29 is 9.13 Å². The Hall–Kier alpha value is -3.42. The summed E-state index contributed by atoms with van der Waals surface area (Å²) in [6.07, 6.45) is 8.52. The molecule has 7 rings (SSSR count). The number of ether oxygens (including phenoxy) is 1. The number of imidazole rings is 1. The van der Waals surface area contributed by atoms with Crippen molar-refractivity contribution in [3.63, 3.8) is 0 Å². The molecular weight excluding hydrogens is 421 g/mol. The third-order valence-corrected chi connectivity index (χ3v) is 7.79. The first-order valence-electron chi connectivity index (χ1n) is 11.6. The molecule has 33 heavy (non-hydrogen) atoms. The molecule has 0 atom stereocenters. The van der Waals surface area contributed by atoms with Crippen LogP contribution in [0, 0.1) is 5.82 Å². The first-order valence-corrected chi connectivity index (χ1v) is 11.6. The van der Waals surface area contributed by atoms with E-state index in [0.29, 0.717) is 34.4 Å². The third kappa shape index (κ3) is 2.46. The van der Waals surface area contributed by atoms with Gasteiger partial charge in [0.2, 0.25) is 0 Å². The zero-order chi connectivity index (χ0) is 22.3. The lowest BCUT2D eigenvalue weighted by atomic mass is 9.77. The number of fused-ring (bicyclic) bond motifs is 1. The Morgan fingerprint density at radius 3 is 2.61 bits per heavy atom. The van der Waals surface area contributed by atoms with Crippen LogP contribution in [0.3, 0.4) is 0 Å². The van der Waals surface area contributed by atoms with E-state index in [1.54, 1.807) is 24.0 Å². The summed E-state index contributed by atoms with van der Waals surface area (Å²) in [5.74, 6) is 0.981. The summed E-state index contributed by atoms with van der Waals surface area (Å²) in [5.41, 5.74) is 2.62. The molecule has 1 saturated heterocycles. The number of nitrogens with zero attached hydrogens (tertiary/aromatic N) is 5. The Labute approximate surface area is 189 Å². The average Bonchev–Trinajstić information content (AvgIpc) is 3.37. The van der Waals surface area contributed by atoms with E-state index in [0.717, 1.165) is 49.2 Å². The predicted molar refractivity (Wildman–Crippen MR) is 124 cm³/mol. The van der Waals surface area contributed by atoms with Crippen LogP contribution in [-0.4, -0.2) is 38.8 Å². The minimum Gasteiger partial charge on any atom is -0.490 e. The van der Waals surface area contributed by atoms with Gasteiger partial charge in [-0.05, 0) is 44.2 Å². The summed E-state index contributed by atoms with van der Waals surface area (Å²) in [5, 5.41) is 0.703. The Balaban J connectivity index is 1.50.